The van der Waals surface area contributed by atoms with Gasteiger partial charge in [0.15, 0.2) is 0 Å². The van der Waals surface area contributed by atoms with Gasteiger partial charge in [-0.15, -0.1) is 0 Å². The Bertz CT molecular complexity index is 1540. The number of imide groups is 1. The highest BCUT2D eigenvalue weighted by molar-refractivity contribution is 9.10. The summed E-state index contributed by atoms with van der Waals surface area (Å²) in [7, 11) is 0. The van der Waals surface area contributed by atoms with E-state index >= 15 is 0 Å². The molecule has 0 N–H and O–H groups in total. The first-order valence-electron chi connectivity index (χ1n) is 12.8. The Morgan fingerprint density at radius 2 is 1.18 bits per heavy atom. The van der Waals surface area contributed by atoms with Crippen LogP contribution in [0.2, 0.25) is 5.02 Å². The standard InChI is InChI=1S/C32H22BrClN2O3/c33-20-13-9-18(10-14-20)17-35(30(37)19-11-15-21(34)16-12-19)36-31(38)28-26-22-5-1-2-6-23(22)27(29(28)32(36)39)25-8-4-3-7-24(25)26/h1-16,26-29H,17H2/t26?,27?,28-,29+. The van der Waals surface area contributed by atoms with Crippen LogP contribution in [0.3, 0.4) is 0 Å². The van der Waals surface area contributed by atoms with Crippen molar-refractivity contribution in [1.82, 2.24) is 10.0 Å². The molecule has 4 aromatic carbocycles. The maximum atomic E-state index is 14.3. The maximum Gasteiger partial charge on any atom is 0.273 e. The van der Waals surface area contributed by atoms with Gasteiger partial charge < -0.3 is 0 Å². The van der Waals surface area contributed by atoms with E-state index in [0.717, 1.165) is 37.3 Å². The molecule has 0 unspecified atom stereocenters. The van der Waals surface area contributed by atoms with Gasteiger partial charge in [-0.1, -0.05) is 88.2 Å². The fourth-order valence-corrected chi connectivity index (χ4v) is 7.03. The molecule has 0 radical (unpaired) electrons. The number of amides is 3. The number of nitrogens with zero attached hydrogens (tertiary/aromatic N) is 2. The summed E-state index contributed by atoms with van der Waals surface area (Å²) < 4.78 is 0.897. The molecule has 4 aromatic rings. The van der Waals surface area contributed by atoms with Gasteiger partial charge >= 0.3 is 0 Å². The number of carbonyl (C=O) groups excluding carboxylic acids is 3. The highest BCUT2D eigenvalue weighted by Gasteiger charge is 2.63. The van der Waals surface area contributed by atoms with Crippen LogP contribution in [-0.2, 0) is 16.1 Å². The number of hydrogen-bond acceptors (Lipinski definition) is 3. The molecular weight excluding hydrogens is 576 g/mol. The fraction of sp³-hybridized carbons (Fsp3) is 0.156. The van der Waals surface area contributed by atoms with Crippen molar-refractivity contribution in [3.05, 3.63) is 140 Å². The van der Waals surface area contributed by atoms with Gasteiger partial charge in [0.05, 0.1) is 18.4 Å². The summed E-state index contributed by atoms with van der Waals surface area (Å²) in [5.41, 5.74) is 5.51. The Labute approximate surface area is 239 Å². The number of halogens is 2. The molecule has 39 heavy (non-hydrogen) atoms. The van der Waals surface area contributed by atoms with E-state index in [1.54, 1.807) is 24.3 Å². The van der Waals surface area contributed by atoms with Gasteiger partial charge in [-0.3, -0.25) is 14.4 Å². The number of carbonyl (C=O) groups is 3. The van der Waals surface area contributed by atoms with Crippen LogP contribution in [0, 0.1) is 11.8 Å². The van der Waals surface area contributed by atoms with Crippen LogP contribution >= 0.6 is 27.5 Å². The van der Waals surface area contributed by atoms with E-state index in [9.17, 15) is 14.4 Å². The molecule has 0 saturated carbocycles. The average Bonchev–Trinajstić information content (AvgIpc) is 3.23. The number of hydrazine groups is 1. The lowest BCUT2D eigenvalue weighted by molar-refractivity contribution is -0.155. The Morgan fingerprint density at radius 3 is 1.64 bits per heavy atom. The maximum absolute atomic E-state index is 14.3. The largest absolute Gasteiger partial charge is 0.273 e. The molecule has 2 atom stereocenters. The lowest BCUT2D eigenvalue weighted by Gasteiger charge is -2.45. The lowest BCUT2D eigenvalue weighted by atomic mass is 9.55. The summed E-state index contributed by atoms with van der Waals surface area (Å²) in [5, 5.41) is 2.94. The minimum absolute atomic E-state index is 0.0703. The zero-order valence-corrected chi connectivity index (χ0v) is 23.0. The first-order chi connectivity index (χ1) is 18.9. The predicted octanol–water partition coefficient (Wildman–Crippen LogP) is 6.55. The second-order valence-electron chi connectivity index (χ2n) is 10.2. The molecule has 3 aliphatic carbocycles. The van der Waals surface area contributed by atoms with Crippen molar-refractivity contribution in [3.63, 3.8) is 0 Å². The van der Waals surface area contributed by atoms with Crippen molar-refractivity contribution in [2.45, 2.75) is 18.4 Å². The van der Waals surface area contributed by atoms with E-state index in [-0.39, 0.29) is 30.2 Å². The van der Waals surface area contributed by atoms with Crippen LogP contribution in [-0.4, -0.2) is 27.7 Å². The topological polar surface area (TPSA) is 57.7 Å². The van der Waals surface area contributed by atoms with Crippen LogP contribution in [0.5, 0.6) is 0 Å². The molecule has 2 bridgehead atoms. The second kappa shape index (κ2) is 9.18. The Balaban J connectivity index is 1.35. The minimum atomic E-state index is -0.572. The van der Waals surface area contributed by atoms with Crippen LogP contribution in [0.15, 0.2) is 102 Å². The Morgan fingerprint density at radius 1 is 0.718 bits per heavy atom. The van der Waals surface area contributed by atoms with Gasteiger partial charge in [0, 0.05) is 26.9 Å². The SMILES string of the molecule is O=C(c1ccc(Cl)cc1)N(Cc1ccc(Br)cc1)N1C(=O)[C@@H]2C3c4ccccc4C(c4ccccc43)[C@@H]2C1=O. The molecule has 1 heterocycles. The van der Waals surface area contributed by atoms with Crippen molar-refractivity contribution in [2.75, 3.05) is 0 Å². The van der Waals surface area contributed by atoms with E-state index in [1.165, 1.54) is 5.01 Å². The summed E-state index contributed by atoms with van der Waals surface area (Å²) in [6.07, 6.45) is 0. The third-order valence-corrected chi connectivity index (χ3v) is 9.02. The molecule has 0 spiro atoms. The van der Waals surface area contributed by atoms with E-state index < -0.39 is 17.7 Å². The van der Waals surface area contributed by atoms with Crippen molar-refractivity contribution in [3.8, 4) is 0 Å². The van der Waals surface area contributed by atoms with E-state index in [4.69, 9.17) is 11.6 Å². The van der Waals surface area contributed by atoms with Crippen molar-refractivity contribution < 1.29 is 14.4 Å². The van der Waals surface area contributed by atoms with Gasteiger partial charge in [0.1, 0.15) is 0 Å². The average molecular weight is 598 g/mol. The summed E-state index contributed by atoms with van der Waals surface area (Å²) >= 11 is 9.52. The van der Waals surface area contributed by atoms with E-state index in [1.807, 2.05) is 48.5 Å². The molecule has 3 amide bonds. The molecule has 0 aromatic heterocycles. The first-order valence-corrected chi connectivity index (χ1v) is 14.0. The van der Waals surface area contributed by atoms with Crippen molar-refractivity contribution >= 4 is 45.3 Å². The highest BCUT2D eigenvalue weighted by Crippen LogP contribution is 2.61. The van der Waals surface area contributed by atoms with E-state index in [2.05, 4.69) is 40.2 Å². The normalized spacial score (nSPS) is 22.4. The first kappa shape index (κ1) is 24.3. The number of hydrogen-bond donors (Lipinski definition) is 0. The van der Waals surface area contributed by atoms with Crippen LogP contribution in [0.1, 0.15) is 50.0 Å². The van der Waals surface area contributed by atoms with E-state index in [0.29, 0.717) is 10.6 Å². The third-order valence-electron chi connectivity index (χ3n) is 8.24. The third kappa shape index (κ3) is 3.69. The second-order valence-corrected chi connectivity index (χ2v) is 11.6. The molecule has 1 fully saturated rings. The fourth-order valence-electron chi connectivity index (χ4n) is 6.64. The van der Waals surface area contributed by atoms with Gasteiger partial charge in [0.25, 0.3) is 17.7 Å². The zero-order valence-electron chi connectivity index (χ0n) is 20.6. The summed E-state index contributed by atoms with van der Waals surface area (Å²) in [5.74, 6) is -2.72. The van der Waals surface area contributed by atoms with Crippen LogP contribution in [0.4, 0.5) is 0 Å². The summed E-state index contributed by atoms with van der Waals surface area (Å²) in [6, 6.07) is 30.2. The van der Waals surface area contributed by atoms with Gasteiger partial charge in [-0.25, -0.2) is 5.01 Å². The van der Waals surface area contributed by atoms with Gasteiger partial charge in [-0.05, 0) is 64.2 Å². The molecule has 192 valence electrons. The zero-order chi connectivity index (χ0) is 26.8. The molecule has 4 aliphatic rings. The predicted molar refractivity (Wildman–Crippen MR) is 151 cm³/mol. The number of benzene rings is 4. The van der Waals surface area contributed by atoms with Gasteiger partial charge in [0.2, 0.25) is 0 Å². The van der Waals surface area contributed by atoms with Gasteiger partial charge in [-0.2, -0.15) is 5.01 Å². The molecule has 8 rings (SSSR count). The van der Waals surface area contributed by atoms with Crippen LogP contribution < -0.4 is 0 Å². The summed E-state index contributed by atoms with van der Waals surface area (Å²) in [6.45, 7) is 0.0703. The Kier molecular flexibility index (Phi) is 5.72. The molecule has 1 aliphatic heterocycles. The number of rotatable bonds is 4. The summed E-state index contributed by atoms with van der Waals surface area (Å²) in [4.78, 5) is 42.6. The van der Waals surface area contributed by atoms with Crippen molar-refractivity contribution in [1.29, 1.82) is 0 Å². The Hall–Kier alpha value is -3.74. The minimum Gasteiger partial charge on any atom is -0.272 e. The lowest BCUT2D eigenvalue weighted by Crippen LogP contribution is -2.50. The molecule has 1 saturated heterocycles. The highest BCUT2D eigenvalue weighted by atomic mass is 79.9. The quantitative estimate of drug-likeness (QED) is 0.251. The van der Waals surface area contributed by atoms with Crippen LogP contribution in [0.25, 0.3) is 0 Å². The van der Waals surface area contributed by atoms with Crippen molar-refractivity contribution in [2.24, 2.45) is 11.8 Å². The smallest absolute Gasteiger partial charge is 0.272 e. The molecule has 5 nitrogen and oxygen atoms in total. The molecular formula is C32H22BrClN2O3. The monoisotopic (exact) mass is 596 g/mol. The molecule has 7 heteroatoms.